The highest BCUT2D eigenvalue weighted by molar-refractivity contribution is 6.31. The van der Waals surface area contributed by atoms with Crippen molar-refractivity contribution in [3.63, 3.8) is 0 Å². The molecule has 0 radical (unpaired) electrons. The van der Waals surface area contributed by atoms with E-state index in [0.29, 0.717) is 10.7 Å². The summed E-state index contributed by atoms with van der Waals surface area (Å²) in [7, 11) is 0. The molecule has 0 saturated heterocycles. The fourth-order valence-corrected chi connectivity index (χ4v) is 1.76. The summed E-state index contributed by atoms with van der Waals surface area (Å²) in [6.07, 6.45) is 0. The Hall–Kier alpha value is -1.75. The van der Waals surface area contributed by atoms with Crippen molar-refractivity contribution in [1.82, 2.24) is 5.32 Å². The summed E-state index contributed by atoms with van der Waals surface area (Å²) in [5.41, 5.74) is 6.56. The van der Waals surface area contributed by atoms with Crippen LogP contribution in [0.25, 0.3) is 0 Å². The fraction of sp³-hybridized carbons (Fsp3) is 0.385. The molecule has 0 heterocycles. The number of rotatable bonds is 4. The second kappa shape index (κ2) is 6.43. The third-order valence-corrected chi connectivity index (χ3v) is 3.09. The molecule has 0 saturated carbocycles. The van der Waals surface area contributed by atoms with Gasteiger partial charge in [-0.3, -0.25) is 4.79 Å². The second-order valence-electron chi connectivity index (χ2n) is 4.68. The summed E-state index contributed by atoms with van der Waals surface area (Å²) in [6, 6.07) is 3.81. The zero-order valence-corrected chi connectivity index (χ0v) is 11.9. The summed E-state index contributed by atoms with van der Waals surface area (Å²) in [6.45, 7) is 5.52. The molecule has 1 unspecified atom stereocenters. The van der Waals surface area contributed by atoms with Crippen LogP contribution in [0.2, 0.25) is 5.02 Å². The van der Waals surface area contributed by atoms with Gasteiger partial charge >= 0.3 is 6.03 Å². The number of urea groups is 1. The Labute approximate surface area is 117 Å². The monoisotopic (exact) mass is 283 g/mol. The third kappa shape index (κ3) is 4.44. The van der Waals surface area contributed by atoms with E-state index in [4.69, 9.17) is 17.3 Å². The van der Waals surface area contributed by atoms with Crippen LogP contribution in [0.3, 0.4) is 0 Å². The molecule has 0 aliphatic rings. The molecule has 0 aliphatic heterocycles. The smallest absolute Gasteiger partial charge is 0.312 e. The predicted octanol–water partition coefficient (Wildman–Crippen LogP) is 2.28. The van der Waals surface area contributed by atoms with Gasteiger partial charge < -0.3 is 16.4 Å². The molecule has 0 spiro atoms. The van der Waals surface area contributed by atoms with Gasteiger partial charge in [-0.1, -0.05) is 31.5 Å². The number of hydrogen-bond donors (Lipinski definition) is 3. The molecule has 1 aromatic rings. The first-order chi connectivity index (χ1) is 8.81. The van der Waals surface area contributed by atoms with Gasteiger partial charge in [0.2, 0.25) is 5.91 Å². The van der Waals surface area contributed by atoms with Crippen LogP contribution >= 0.6 is 11.6 Å². The van der Waals surface area contributed by atoms with Gasteiger partial charge in [0.25, 0.3) is 0 Å². The third-order valence-electron chi connectivity index (χ3n) is 2.69. The van der Waals surface area contributed by atoms with E-state index in [0.717, 1.165) is 5.56 Å². The van der Waals surface area contributed by atoms with Crippen LogP contribution in [0.4, 0.5) is 10.5 Å². The highest BCUT2D eigenvalue weighted by Crippen LogP contribution is 2.20. The Morgan fingerprint density at radius 1 is 1.32 bits per heavy atom. The SMILES string of the molecule is Cc1ccc(NC(=O)C(NC(N)=O)C(C)C)cc1Cl. The second-order valence-corrected chi connectivity index (χ2v) is 5.09. The largest absolute Gasteiger partial charge is 0.352 e. The van der Waals surface area contributed by atoms with E-state index in [2.05, 4.69) is 10.6 Å². The molecule has 4 N–H and O–H groups in total. The van der Waals surface area contributed by atoms with Crippen molar-refractivity contribution in [2.75, 3.05) is 5.32 Å². The maximum absolute atomic E-state index is 12.1. The normalized spacial score (nSPS) is 12.1. The quantitative estimate of drug-likeness (QED) is 0.792. The number of hydrogen-bond acceptors (Lipinski definition) is 2. The number of carbonyl (C=O) groups is 2. The van der Waals surface area contributed by atoms with Gasteiger partial charge in [-0.05, 0) is 30.5 Å². The van der Waals surface area contributed by atoms with Crippen molar-refractivity contribution in [2.24, 2.45) is 11.7 Å². The first-order valence-corrected chi connectivity index (χ1v) is 6.32. The number of nitrogens with one attached hydrogen (secondary N) is 2. The summed E-state index contributed by atoms with van der Waals surface area (Å²) in [5, 5.41) is 5.69. The molecular weight excluding hydrogens is 266 g/mol. The van der Waals surface area contributed by atoms with Crippen LogP contribution in [-0.2, 0) is 4.79 Å². The highest BCUT2D eigenvalue weighted by Gasteiger charge is 2.23. The summed E-state index contributed by atoms with van der Waals surface area (Å²) in [4.78, 5) is 22.9. The van der Waals surface area contributed by atoms with Crippen LogP contribution in [0.1, 0.15) is 19.4 Å². The molecule has 19 heavy (non-hydrogen) atoms. The van der Waals surface area contributed by atoms with Crippen LogP contribution in [0.5, 0.6) is 0 Å². The lowest BCUT2D eigenvalue weighted by Gasteiger charge is -2.20. The number of amides is 3. The molecule has 1 aromatic carbocycles. The zero-order valence-electron chi connectivity index (χ0n) is 11.2. The van der Waals surface area contributed by atoms with Crippen molar-refractivity contribution >= 4 is 29.2 Å². The maximum Gasteiger partial charge on any atom is 0.312 e. The lowest BCUT2D eigenvalue weighted by atomic mass is 10.0. The lowest BCUT2D eigenvalue weighted by Crippen LogP contribution is -2.49. The van der Waals surface area contributed by atoms with E-state index >= 15 is 0 Å². The standard InChI is InChI=1S/C13H18ClN3O2/c1-7(2)11(17-13(15)19)12(18)16-9-5-4-8(3)10(14)6-9/h4-7,11H,1-3H3,(H,16,18)(H3,15,17,19). The first-order valence-electron chi connectivity index (χ1n) is 5.94. The van der Waals surface area contributed by atoms with E-state index < -0.39 is 12.1 Å². The minimum atomic E-state index is -0.726. The topological polar surface area (TPSA) is 84.2 Å². The Kier molecular flexibility index (Phi) is 5.18. The predicted molar refractivity (Wildman–Crippen MR) is 76.2 cm³/mol. The van der Waals surface area contributed by atoms with Gasteiger partial charge in [-0.25, -0.2) is 4.79 Å². The van der Waals surface area contributed by atoms with Gasteiger partial charge in [0.05, 0.1) is 0 Å². The molecule has 1 rings (SSSR count). The van der Waals surface area contributed by atoms with Crippen molar-refractivity contribution in [3.05, 3.63) is 28.8 Å². The Bertz CT molecular complexity index is 489. The number of nitrogens with two attached hydrogens (primary N) is 1. The average Bonchev–Trinajstić information content (AvgIpc) is 2.30. The van der Waals surface area contributed by atoms with Crippen molar-refractivity contribution in [1.29, 1.82) is 0 Å². The maximum atomic E-state index is 12.1. The number of benzene rings is 1. The average molecular weight is 284 g/mol. The molecule has 5 nitrogen and oxygen atoms in total. The highest BCUT2D eigenvalue weighted by atomic mass is 35.5. The molecule has 0 aliphatic carbocycles. The van der Waals surface area contributed by atoms with E-state index in [9.17, 15) is 9.59 Å². The molecular formula is C13H18ClN3O2. The molecule has 3 amide bonds. The summed E-state index contributed by atoms with van der Waals surface area (Å²) >= 11 is 5.98. The molecule has 0 fully saturated rings. The van der Waals surface area contributed by atoms with Crippen LogP contribution in [0.15, 0.2) is 18.2 Å². The fourth-order valence-electron chi connectivity index (χ4n) is 1.58. The molecule has 0 aromatic heterocycles. The van der Waals surface area contributed by atoms with Crippen LogP contribution in [0, 0.1) is 12.8 Å². The minimum Gasteiger partial charge on any atom is -0.352 e. The van der Waals surface area contributed by atoms with Crippen molar-refractivity contribution < 1.29 is 9.59 Å². The van der Waals surface area contributed by atoms with Gasteiger partial charge in [0.1, 0.15) is 6.04 Å². The zero-order chi connectivity index (χ0) is 14.6. The Balaban J connectivity index is 2.81. The summed E-state index contributed by atoms with van der Waals surface area (Å²) in [5.74, 6) is -0.401. The number of halogens is 1. The number of carbonyl (C=O) groups excluding carboxylic acids is 2. The molecule has 6 heteroatoms. The van der Waals surface area contributed by atoms with Crippen molar-refractivity contribution in [3.8, 4) is 0 Å². The number of anilines is 1. The molecule has 0 bridgehead atoms. The lowest BCUT2D eigenvalue weighted by molar-refractivity contribution is -0.118. The van der Waals surface area contributed by atoms with Gasteiger partial charge in [0, 0.05) is 10.7 Å². The summed E-state index contributed by atoms with van der Waals surface area (Å²) < 4.78 is 0. The van der Waals surface area contributed by atoms with Crippen LogP contribution < -0.4 is 16.4 Å². The Morgan fingerprint density at radius 2 is 1.95 bits per heavy atom. The number of aryl methyl sites for hydroxylation is 1. The van der Waals surface area contributed by atoms with Gasteiger partial charge in [0.15, 0.2) is 0 Å². The first kappa shape index (κ1) is 15.3. The Morgan fingerprint density at radius 3 is 2.42 bits per heavy atom. The van der Waals surface area contributed by atoms with E-state index in [1.807, 2.05) is 26.8 Å². The van der Waals surface area contributed by atoms with E-state index in [1.54, 1.807) is 12.1 Å². The van der Waals surface area contributed by atoms with E-state index in [-0.39, 0.29) is 11.8 Å². The van der Waals surface area contributed by atoms with Crippen LogP contribution in [-0.4, -0.2) is 18.0 Å². The number of primary amides is 1. The minimum absolute atomic E-state index is 0.0755. The molecule has 1 atom stereocenters. The van der Waals surface area contributed by atoms with Gasteiger partial charge in [-0.2, -0.15) is 0 Å². The van der Waals surface area contributed by atoms with Crippen molar-refractivity contribution in [2.45, 2.75) is 26.8 Å². The van der Waals surface area contributed by atoms with Gasteiger partial charge in [-0.15, -0.1) is 0 Å². The molecule has 104 valence electrons. The van der Waals surface area contributed by atoms with E-state index in [1.165, 1.54) is 0 Å².